The summed E-state index contributed by atoms with van der Waals surface area (Å²) in [4.78, 5) is 24.6. The van der Waals surface area contributed by atoms with Gasteiger partial charge in [-0.25, -0.2) is 18.4 Å². The molecular weight excluding hydrogens is 489 g/mol. The molecular formula is C19H20ClF3N4O3S2. The Morgan fingerprint density at radius 2 is 1.78 bits per heavy atom. The van der Waals surface area contributed by atoms with Gasteiger partial charge in [0, 0.05) is 30.4 Å². The molecule has 1 atom stereocenters. The molecule has 0 N–H and O–H groups in total. The van der Waals surface area contributed by atoms with Gasteiger partial charge in [-0.3, -0.25) is 4.79 Å². The molecule has 2 aliphatic heterocycles. The van der Waals surface area contributed by atoms with E-state index < -0.39 is 21.8 Å². The van der Waals surface area contributed by atoms with Crippen molar-refractivity contribution in [2.24, 2.45) is 5.92 Å². The summed E-state index contributed by atoms with van der Waals surface area (Å²) in [5.41, 5.74) is 0.432. The molecule has 2 fully saturated rings. The first-order valence-electron chi connectivity index (χ1n) is 9.94. The number of rotatable bonds is 3. The number of carbonyl (C=O) groups excluding carboxylic acids is 1. The first kappa shape index (κ1) is 23.2. The SMILES string of the molecule is O=C(C1CCS(=O)(=O)CC1)N1CCN(c2cnc(C(F)(F)F)nc2)CC1c1ccc(Cl)s1. The van der Waals surface area contributed by atoms with E-state index in [1.54, 1.807) is 11.0 Å². The quantitative estimate of drug-likeness (QED) is 0.631. The topological polar surface area (TPSA) is 83.5 Å². The Bertz CT molecular complexity index is 1080. The van der Waals surface area contributed by atoms with Crippen molar-refractivity contribution in [3.8, 4) is 0 Å². The highest BCUT2D eigenvalue weighted by Crippen LogP contribution is 2.36. The number of amides is 1. The lowest BCUT2D eigenvalue weighted by molar-refractivity contribution is -0.145. The Kier molecular flexibility index (Phi) is 6.38. The van der Waals surface area contributed by atoms with Gasteiger partial charge in [0.25, 0.3) is 0 Å². The second-order valence-electron chi connectivity index (χ2n) is 7.82. The van der Waals surface area contributed by atoms with E-state index in [2.05, 4.69) is 9.97 Å². The highest BCUT2D eigenvalue weighted by molar-refractivity contribution is 7.91. The van der Waals surface area contributed by atoms with E-state index in [0.29, 0.717) is 42.5 Å². The average molecular weight is 509 g/mol. The maximum absolute atomic E-state index is 13.3. The molecule has 0 saturated carbocycles. The number of piperazine rings is 1. The molecule has 2 aromatic rings. The van der Waals surface area contributed by atoms with Crippen LogP contribution in [-0.4, -0.2) is 60.3 Å². The van der Waals surface area contributed by atoms with Gasteiger partial charge in [-0.1, -0.05) is 11.6 Å². The molecule has 0 radical (unpaired) electrons. The Morgan fingerprint density at radius 3 is 2.34 bits per heavy atom. The summed E-state index contributed by atoms with van der Waals surface area (Å²) in [6.07, 6.45) is -1.75. The average Bonchev–Trinajstić information content (AvgIpc) is 3.18. The van der Waals surface area contributed by atoms with Crippen molar-refractivity contribution in [2.75, 3.05) is 36.0 Å². The molecule has 0 aromatic carbocycles. The lowest BCUT2D eigenvalue weighted by atomic mass is 9.98. The van der Waals surface area contributed by atoms with Crippen LogP contribution in [0.15, 0.2) is 24.5 Å². The molecule has 0 spiro atoms. The maximum atomic E-state index is 13.3. The van der Waals surface area contributed by atoms with E-state index >= 15 is 0 Å². The van der Waals surface area contributed by atoms with Crippen LogP contribution in [0.1, 0.15) is 29.6 Å². The highest BCUT2D eigenvalue weighted by atomic mass is 35.5. The van der Waals surface area contributed by atoms with Crippen molar-refractivity contribution in [1.29, 1.82) is 0 Å². The minimum absolute atomic E-state index is 0.00175. The Labute approximate surface area is 192 Å². The van der Waals surface area contributed by atoms with Crippen LogP contribution in [0.3, 0.4) is 0 Å². The lowest BCUT2D eigenvalue weighted by Crippen LogP contribution is -2.52. The third-order valence-electron chi connectivity index (χ3n) is 5.75. The fourth-order valence-corrected chi connectivity index (χ4v) is 6.69. The largest absolute Gasteiger partial charge is 0.451 e. The predicted octanol–water partition coefficient (Wildman–Crippen LogP) is 3.43. The summed E-state index contributed by atoms with van der Waals surface area (Å²) >= 11 is 7.44. The van der Waals surface area contributed by atoms with Gasteiger partial charge in [-0.2, -0.15) is 13.2 Å². The normalized spacial score (nSPS) is 22.2. The van der Waals surface area contributed by atoms with Gasteiger partial charge in [-0.15, -0.1) is 11.3 Å². The zero-order valence-electron chi connectivity index (χ0n) is 16.8. The number of carbonyl (C=O) groups is 1. The van der Waals surface area contributed by atoms with Gasteiger partial charge >= 0.3 is 6.18 Å². The van der Waals surface area contributed by atoms with Crippen molar-refractivity contribution in [1.82, 2.24) is 14.9 Å². The van der Waals surface area contributed by atoms with E-state index in [1.807, 2.05) is 11.0 Å². The fourth-order valence-electron chi connectivity index (χ4n) is 4.03. The van der Waals surface area contributed by atoms with E-state index in [4.69, 9.17) is 11.6 Å². The summed E-state index contributed by atoms with van der Waals surface area (Å²) in [6.45, 7) is 1.06. The number of anilines is 1. The van der Waals surface area contributed by atoms with Crippen molar-refractivity contribution >= 4 is 44.4 Å². The second kappa shape index (κ2) is 8.79. The van der Waals surface area contributed by atoms with Crippen molar-refractivity contribution in [3.63, 3.8) is 0 Å². The van der Waals surface area contributed by atoms with E-state index in [9.17, 15) is 26.4 Å². The van der Waals surface area contributed by atoms with Crippen LogP contribution in [-0.2, 0) is 20.8 Å². The number of thiophene rings is 1. The summed E-state index contributed by atoms with van der Waals surface area (Å²) in [6, 6.07) is 3.20. The number of alkyl halides is 3. The molecule has 2 aliphatic rings. The Balaban J connectivity index is 1.55. The zero-order valence-corrected chi connectivity index (χ0v) is 19.1. The van der Waals surface area contributed by atoms with E-state index in [1.165, 1.54) is 11.3 Å². The highest BCUT2D eigenvalue weighted by Gasteiger charge is 2.39. The molecule has 0 bridgehead atoms. The Hall–Kier alpha value is -1.92. The number of nitrogens with zero attached hydrogens (tertiary/aromatic N) is 4. The van der Waals surface area contributed by atoms with Crippen LogP contribution in [0.25, 0.3) is 0 Å². The van der Waals surface area contributed by atoms with Crippen LogP contribution in [0, 0.1) is 5.92 Å². The molecule has 13 heteroatoms. The van der Waals surface area contributed by atoms with Crippen LogP contribution in [0.4, 0.5) is 18.9 Å². The van der Waals surface area contributed by atoms with Crippen molar-refractivity contribution in [2.45, 2.75) is 25.1 Å². The van der Waals surface area contributed by atoms with Gasteiger partial charge < -0.3 is 9.80 Å². The number of hydrogen-bond acceptors (Lipinski definition) is 7. The first-order valence-corrected chi connectivity index (χ1v) is 13.0. The monoisotopic (exact) mass is 508 g/mol. The minimum atomic E-state index is -4.62. The molecule has 1 unspecified atom stereocenters. The van der Waals surface area contributed by atoms with Gasteiger partial charge in [0.05, 0.1) is 40.0 Å². The van der Waals surface area contributed by atoms with Crippen LogP contribution >= 0.6 is 22.9 Å². The summed E-state index contributed by atoms with van der Waals surface area (Å²) < 4.78 is 62.4. The molecule has 32 heavy (non-hydrogen) atoms. The summed E-state index contributed by atoms with van der Waals surface area (Å²) in [7, 11) is -3.09. The third kappa shape index (κ3) is 5.01. The van der Waals surface area contributed by atoms with Gasteiger partial charge in [0.2, 0.25) is 11.7 Å². The molecule has 7 nitrogen and oxygen atoms in total. The molecule has 2 saturated heterocycles. The van der Waals surface area contributed by atoms with E-state index in [-0.39, 0.29) is 29.4 Å². The molecule has 4 rings (SSSR count). The molecule has 2 aromatic heterocycles. The van der Waals surface area contributed by atoms with Gasteiger partial charge in [0.15, 0.2) is 0 Å². The van der Waals surface area contributed by atoms with Crippen molar-refractivity contribution < 1.29 is 26.4 Å². The standard InChI is InChI=1S/C19H20ClF3N4O3S2/c20-16-2-1-15(31-16)14-11-26(13-9-24-18(25-10-13)19(21,22)23)5-6-27(14)17(28)12-3-7-32(29,30)8-4-12/h1-2,9-10,12,14H,3-8,11H2. The molecule has 1 amide bonds. The van der Waals surface area contributed by atoms with Crippen LogP contribution in [0.2, 0.25) is 4.34 Å². The van der Waals surface area contributed by atoms with Crippen molar-refractivity contribution in [3.05, 3.63) is 39.6 Å². The minimum Gasteiger partial charge on any atom is -0.365 e. The zero-order chi connectivity index (χ0) is 23.1. The number of aromatic nitrogens is 2. The van der Waals surface area contributed by atoms with E-state index in [0.717, 1.165) is 17.3 Å². The Morgan fingerprint density at radius 1 is 1.12 bits per heavy atom. The number of hydrogen-bond donors (Lipinski definition) is 0. The summed E-state index contributed by atoms with van der Waals surface area (Å²) in [5, 5.41) is 0. The molecule has 174 valence electrons. The summed E-state index contributed by atoms with van der Waals surface area (Å²) in [5.74, 6) is -1.66. The lowest BCUT2D eigenvalue weighted by Gasteiger charge is -2.43. The third-order valence-corrected chi connectivity index (χ3v) is 8.79. The van der Waals surface area contributed by atoms with Gasteiger partial charge in [-0.05, 0) is 25.0 Å². The molecule has 4 heterocycles. The molecule has 0 aliphatic carbocycles. The van der Waals surface area contributed by atoms with Crippen LogP contribution < -0.4 is 4.90 Å². The maximum Gasteiger partial charge on any atom is 0.451 e. The van der Waals surface area contributed by atoms with Gasteiger partial charge in [0.1, 0.15) is 9.84 Å². The smallest absolute Gasteiger partial charge is 0.365 e. The first-order chi connectivity index (χ1) is 15.0. The number of halogens is 4. The predicted molar refractivity (Wildman–Crippen MR) is 114 cm³/mol. The second-order valence-corrected chi connectivity index (χ2v) is 11.9. The fraction of sp³-hybridized carbons (Fsp3) is 0.526. The number of sulfone groups is 1. The van der Waals surface area contributed by atoms with Crippen LogP contribution in [0.5, 0.6) is 0 Å².